The number of rotatable bonds is 7. The minimum Gasteiger partial charge on any atom is -0.487 e. The van der Waals surface area contributed by atoms with Crippen molar-refractivity contribution >= 4 is 5.97 Å². The molecule has 0 saturated heterocycles. The van der Waals surface area contributed by atoms with Crippen molar-refractivity contribution in [3.63, 3.8) is 0 Å². The highest BCUT2D eigenvalue weighted by atomic mass is 16.6. The Hall–Kier alpha value is -1.75. The van der Waals surface area contributed by atoms with E-state index in [0.717, 1.165) is 0 Å². The first-order valence-corrected chi connectivity index (χ1v) is 5.39. The molecular weight excluding hydrogens is 224 g/mol. The van der Waals surface area contributed by atoms with Crippen molar-refractivity contribution in [3.8, 4) is 11.5 Å². The molecule has 1 rings (SSSR count). The van der Waals surface area contributed by atoms with Crippen molar-refractivity contribution in [3.05, 3.63) is 24.3 Å². The maximum atomic E-state index is 11.1. The largest absolute Gasteiger partial charge is 0.487 e. The van der Waals surface area contributed by atoms with Gasteiger partial charge in [0.2, 0.25) is 0 Å². The quantitative estimate of drug-likeness (QED) is 0.720. The lowest BCUT2D eigenvalue weighted by atomic mass is 10.3. The van der Waals surface area contributed by atoms with Crippen LogP contribution in [0.4, 0.5) is 0 Å². The molecular formula is C12H16O5. The van der Waals surface area contributed by atoms with Gasteiger partial charge in [0.1, 0.15) is 6.61 Å². The second-order valence-corrected chi connectivity index (χ2v) is 3.11. The number of carbonyl (C=O) groups is 1. The van der Waals surface area contributed by atoms with Crippen LogP contribution in [0.1, 0.15) is 6.92 Å². The molecule has 5 heteroatoms. The summed E-state index contributed by atoms with van der Waals surface area (Å²) in [5, 5.41) is 8.67. The van der Waals surface area contributed by atoms with Crippen molar-refractivity contribution in [2.75, 3.05) is 26.4 Å². The Labute approximate surface area is 99.9 Å². The predicted molar refractivity (Wildman–Crippen MR) is 61.2 cm³/mol. The number of benzene rings is 1. The summed E-state index contributed by atoms with van der Waals surface area (Å²) in [5.41, 5.74) is 0. The molecule has 0 bridgehead atoms. The zero-order chi connectivity index (χ0) is 12.5. The van der Waals surface area contributed by atoms with Crippen LogP contribution < -0.4 is 9.47 Å². The van der Waals surface area contributed by atoms with Gasteiger partial charge in [0.15, 0.2) is 18.1 Å². The number of aliphatic hydroxyl groups excluding tert-OH is 1. The Balaban J connectivity index is 2.54. The zero-order valence-electron chi connectivity index (χ0n) is 9.72. The molecule has 0 aliphatic carbocycles. The van der Waals surface area contributed by atoms with Gasteiger partial charge in [-0.25, -0.2) is 4.79 Å². The highest BCUT2D eigenvalue weighted by molar-refractivity contribution is 5.71. The van der Waals surface area contributed by atoms with Gasteiger partial charge in [-0.15, -0.1) is 0 Å². The highest BCUT2D eigenvalue weighted by Crippen LogP contribution is 2.26. The first-order chi connectivity index (χ1) is 8.27. The number of aliphatic hydroxyl groups is 1. The minimum atomic E-state index is -0.426. The fourth-order valence-corrected chi connectivity index (χ4v) is 1.18. The number of para-hydroxylation sites is 2. The summed E-state index contributed by atoms with van der Waals surface area (Å²) in [4.78, 5) is 11.1. The van der Waals surface area contributed by atoms with Crippen LogP contribution in [-0.4, -0.2) is 37.5 Å². The first kappa shape index (κ1) is 13.3. The second-order valence-electron chi connectivity index (χ2n) is 3.11. The molecule has 17 heavy (non-hydrogen) atoms. The van der Waals surface area contributed by atoms with Crippen LogP contribution in [0.25, 0.3) is 0 Å². The number of ether oxygens (including phenoxy) is 3. The molecule has 5 nitrogen and oxygen atoms in total. The average molecular weight is 240 g/mol. The maximum Gasteiger partial charge on any atom is 0.344 e. The number of hydrogen-bond donors (Lipinski definition) is 1. The van der Waals surface area contributed by atoms with Crippen LogP contribution in [-0.2, 0) is 9.53 Å². The molecule has 1 N–H and O–H groups in total. The predicted octanol–water partition coefficient (Wildman–Crippen LogP) is 1.000. The summed E-state index contributed by atoms with van der Waals surface area (Å²) in [6, 6.07) is 6.94. The Morgan fingerprint density at radius 2 is 1.88 bits per heavy atom. The van der Waals surface area contributed by atoms with E-state index in [-0.39, 0.29) is 19.8 Å². The van der Waals surface area contributed by atoms with E-state index in [9.17, 15) is 4.79 Å². The summed E-state index contributed by atoms with van der Waals surface area (Å²) in [6.45, 7) is 2.00. The maximum absolute atomic E-state index is 11.1. The lowest BCUT2D eigenvalue weighted by Gasteiger charge is -2.11. The third kappa shape index (κ3) is 4.74. The van der Waals surface area contributed by atoms with Crippen molar-refractivity contribution in [1.82, 2.24) is 0 Å². The SMILES string of the molecule is CCOC(=O)COc1ccccc1OCCO. The van der Waals surface area contributed by atoms with E-state index in [0.29, 0.717) is 18.1 Å². The third-order valence-electron chi connectivity index (χ3n) is 1.85. The lowest BCUT2D eigenvalue weighted by Crippen LogP contribution is -2.15. The van der Waals surface area contributed by atoms with Gasteiger partial charge >= 0.3 is 5.97 Å². The van der Waals surface area contributed by atoms with Gasteiger partial charge in [-0.2, -0.15) is 0 Å². The van der Waals surface area contributed by atoms with Crippen LogP contribution in [0.15, 0.2) is 24.3 Å². The number of esters is 1. The molecule has 0 atom stereocenters. The molecule has 0 heterocycles. The van der Waals surface area contributed by atoms with Gasteiger partial charge in [-0.05, 0) is 19.1 Å². The molecule has 0 spiro atoms. The zero-order valence-corrected chi connectivity index (χ0v) is 9.72. The fourth-order valence-electron chi connectivity index (χ4n) is 1.18. The molecule has 0 amide bonds. The van der Waals surface area contributed by atoms with Gasteiger partial charge < -0.3 is 19.3 Å². The second kappa shape index (κ2) is 7.51. The summed E-state index contributed by atoms with van der Waals surface area (Å²) in [7, 11) is 0. The standard InChI is InChI=1S/C12H16O5/c1-2-15-12(14)9-17-11-6-4-3-5-10(11)16-8-7-13/h3-6,13H,2,7-9H2,1H3. The van der Waals surface area contributed by atoms with Crippen molar-refractivity contribution in [1.29, 1.82) is 0 Å². The molecule has 1 aromatic rings. The molecule has 0 aliphatic rings. The molecule has 0 fully saturated rings. The molecule has 0 radical (unpaired) electrons. The monoisotopic (exact) mass is 240 g/mol. The van der Waals surface area contributed by atoms with E-state index in [1.54, 1.807) is 31.2 Å². The molecule has 0 unspecified atom stereocenters. The van der Waals surface area contributed by atoms with Crippen molar-refractivity contribution in [2.45, 2.75) is 6.92 Å². The van der Waals surface area contributed by atoms with E-state index >= 15 is 0 Å². The van der Waals surface area contributed by atoms with Gasteiger partial charge in [0.25, 0.3) is 0 Å². The first-order valence-electron chi connectivity index (χ1n) is 5.39. The summed E-state index contributed by atoms with van der Waals surface area (Å²) >= 11 is 0. The van der Waals surface area contributed by atoms with Crippen LogP contribution in [0.3, 0.4) is 0 Å². The molecule has 94 valence electrons. The summed E-state index contributed by atoms with van der Waals surface area (Å²) in [6.07, 6.45) is 0. The van der Waals surface area contributed by atoms with E-state index in [4.69, 9.17) is 19.3 Å². The average Bonchev–Trinajstić information content (AvgIpc) is 2.35. The lowest BCUT2D eigenvalue weighted by molar-refractivity contribution is -0.145. The van der Waals surface area contributed by atoms with Gasteiger partial charge in [0.05, 0.1) is 13.2 Å². The smallest absolute Gasteiger partial charge is 0.344 e. The molecule has 0 aromatic heterocycles. The van der Waals surface area contributed by atoms with Crippen LogP contribution >= 0.6 is 0 Å². The highest BCUT2D eigenvalue weighted by Gasteiger charge is 2.07. The van der Waals surface area contributed by atoms with Crippen LogP contribution in [0.5, 0.6) is 11.5 Å². The van der Waals surface area contributed by atoms with Crippen LogP contribution in [0, 0.1) is 0 Å². The summed E-state index contributed by atoms with van der Waals surface area (Å²) in [5.74, 6) is 0.518. The number of hydrogen-bond acceptors (Lipinski definition) is 5. The Kier molecular flexibility index (Phi) is 5.88. The topological polar surface area (TPSA) is 65.0 Å². The molecule has 1 aromatic carbocycles. The molecule has 0 aliphatic heterocycles. The summed E-state index contributed by atoms with van der Waals surface area (Å²) < 4.78 is 15.3. The normalized spacial score (nSPS) is 9.76. The minimum absolute atomic E-state index is 0.0772. The van der Waals surface area contributed by atoms with Gasteiger partial charge in [0, 0.05) is 0 Å². The third-order valence-corrected chi connectivity index (χ3v) is 1.85. The van der Waals surface area contributed by atoms with Gasteiger partial charge in [-0.1, -0.05) is 12.1 Å². The van der Waals surface area contributed by atoms with Crippen LogP contribution in [0.2, 0.25) is 0 Å². The number of carbonyl (C=O) groups excluding carboxylic acids is 1. The van der Waals surface area contributed by atoms with E-state index in [1.165, 1.54) is 0 Å². The van der Waals surface area contributed by atoms with E-state index in [1.807, 2.05) is 0 Å². The Morgan fingerprint density at radius 3 is 2.47 bits per heavy atom. The Bertz CT molecular complexity index is 351. The molecule has 0 saturated carbocycles. The van der Waals surface area contributed by atoms with Crippen molar-refractivity contribution < 1.29 is 24.1 Å². The van der Waals surface area contributed by atoms with E-state index < -0.39 is 5.97 Å². The Morgan fingerprint density at radius 1 is 1.24 bits per heavy atom. The van der Waals surface area contributed by atoms with E-state index in [2.05, 4.69) is 0 Å². The fraction of sp³-hybridized carbons (Fsp3) is 0.417. The van der Waals surface area contributed by atoms with Gasteiger partial charge in [-0.3, -0.25) is 0 Å². The van der Waals surface area contributed by atoms with Crippen molar-refractivity contribution in [2.24, 2.45) is 0 Å².